The van der Waals surface area contributed by atoms with Crippen LogP contribution in [0.1, 0.15) is 36.2 Å². The van der Waals surface area contributed by atoms with Crippen molar-refractivity contribution in [3.63, 3.8) is 0 Å². The molecule has 2 aromatic rings. The Hall–Kier alpha value is -2.60. The molecule has 1 saturated heterocycles. The van der Waals surface area contributed by atoms with Gasteiger partial charge in [0.05, 0.1) is 29.8 Å². The Morgan fingerprint density at radius 1 is 1.19 bits per heavy atom. The molecule has 7 heteroatoms. The third kappa shape index (κ3) is 4.57. The third-order valence-corrected chi connectivity index (χ3v) is 4.83. The molecule has 0 spiro atoms. The van der Waals surface area contributed by atoms with Gasteiger partial charge in [-0.05, 0) is 36.2 Å². The number of hydrogen-bond donors (Lipinski definition) is 2. The summed E-state index contributed by atoms with van der Waals surface area (Å²) in [6, 6.07) is 7.31. The van der Waals surface area contributed by atoms with Crippen LogP contribution >= 0.6 is 11.6 Å². The van der Waals surface area contributed by atoms with Crippen LogP contribution in [0.4, 0.5) is 11.4 Å². The second-order valence-electron chi connectivity index (χ2n) is 6.56. The number of rotatable bonds is 6. The zero-order valence-electron chi connectivity index (χ0n) is 15.5. The molecule has 2 heterocycles. The van der Waals surface area contributed by atoms with Crippen LogP contribution in [0.25, 0.3) is 0 Å². The average Bonchev–Trinajstić information content (AvgIpc) is 2.63. The quantitative estimate of drug-likeness (QED) is 0.795. The summed E-state index contributed by atoms with van der Waals surface area (Å²) in [4.78, 5) is 30.2. The summed E-state index contributed by atoms with van der Waals surface area (Å²) in [6.07, 6.45) is 4.57. The lowest BCUT2D eigenvalue weighted by Gasteiger charge is -2.40. The Bertz CT molecular complexity index is 850. The van der Waals surface area contributed by atoms with Crippen molar-refractivity contribution in [2.75, 3.05) is 23.7 Å². The van der Waals surface area contributed by atoms with E-state index in [2.05, 4.69) is 15.6 Å². The number of amides is 2. The van der Waals surface area contributed by atoms with Gasteiger partial charge >= 0.3 is 0 Å². The van der Waals surface area contributed by atoms with Crippen molar-refractivity contribution in [1.29, 1.82) is 0 Å². The molecule has 27 heavy (non-hydrogen) atoms. The predicted molar refractivity (Wildman–Crippen MR) is 107 cm³/mol. The Morgan fingerprint density at radius 2 is 1.93 bits per heavy atom. The zero-order valence-corrected chi connectivity index (χ0v) is 16.2. The SMILES string of the molecule is CCC(=O)N1CC(Nc2cncc(NC(=O)c3ccc(Cl)cc3CC)c2)C1. The van der Waals surface area contributed by atoms with Gasteiger partial charge in [0.2, 0.25) is 5.91 Å². The van der Waals surface area contributed by atoms with E-state index in [1.165, 1.54) is 0 Å². The highest BCUT2D eigenvalue weighted by atomic mass is 35.5. The summed E-state index contributed by atoms with van der Waals surface area (Å²) < 4.78 is 0. The van der Waals surface area contributed by atoms with Crippen LogP contribution in [0.5, 0.6) is 0 Å². The summed E-state index contributed by atoms with van der Waals surface area (Å²) in [5.74, 6) is -0.0206. The van der Waals surface area contributed by atoms with Gasteiger partial charge in [-0.1, -0.05) is 25.4 Å². The van der Waals surface area contributed by atoms with Crippen LogP contribution in [-0.2, 0) is 11.2 Å². The maximum atomic E-state index is 12.6. The van der Waals surface area contributed by atoms with Gasteiger partial charge in [-0.25, -0.2) is 0 Å². The first kappa shape index (κ1) is 19.2. The Balaban J connectivity index is 1.63. The minimum absolute atomic E-state index is 0.168. The molecule has 3 rings (SSSR count). The summed E-state index contributed by atoms with van der Waals surface area (Å²) in [7, 11) is 0. The molecule has 0 aliphatic carbocycles. The summed E-state index contributed by atoms with van der Waals surface area (Å²) >= 11 is 6.01. The first-order chi connectivity index (χ1) is 13.0. The number of nitrogens with zero attached hydrogens (tertiary/aromatic N) is 2. The van der Waals surface area contributed by atoms with Crippen LogP contribution in [0.3, 0.4) is 0 Å². The molecule has 1 aliphatic rings. The first-order valence-corrected chi connectivity index (χ1v) is 9.47. The fourth-order valence-corrected chi connectivity index (χ4v) is 3.29. The minimum atomic E-state index is -0.189. The van der Waals surface area contributed by atoms with Crippen LogP contribution in [-0.4, -0.2) is 40.8 Å². The van der Waals surface area contributed by atoms with Crippen molar-refractivity contribution >= 4 is 34.8 Å². The van der Waals surface area contributed by atoms with Gasteiger partial charge in [-0.3, -0.25) is 14.6 Å². The molecule has 0 radical (unpaired) electrons. The number of anilines is 2. The topological polar surface area (TPSA) is 74.3 Å². The van der Waals surface area contributed by atoms with Crippen LogP contribution in [0, 0.1) is 0 Å². The molecule has 6 nitrogen and oxygen atoms in total. The van der Waals surface area contributed by atoms with Gasteiger partial charge < -0.3 is 15.5 Å². The molecule has 2 amide bonds. The molecule has 2 N–H and O–H groups in total. The fraction of sp³-hybridized carbons (Fsp3) is 0.350. The Labute approximate surface area is 163 Å². The minimum Gasteiger partial charge on any atom is -0.377 e. The lowest BCUT2D eigenvalue weighted by Crippen LogP contribution is -2.56. The monoisotopic (exact) mass is 386 g/mol. The molecule has 1 fully saturated rings. The van der Waals surface area contributed by atoms with Gasteiger partial charge in [0.1, 0.15) is 0 Å². The van der Waals surface area contributed by atoms with E-state index < -0.39 is 0 Å². The Morgan fingerprint density at radius 3 is 2.63 bits per heavy atom. The van der Waals surface area contributed by atoms with E-state index >= 15 is 0 Å². The van der Waals surface area contributed by atoms with E-state index in [0.717, 1.165) is 17.7 Å². The van der Waals surface area contributed by atoms with E-state index in [4.69, 9.17) is 11.6 Å². The second kappa shape index (κ2) is 8.39. The molecule has 0 atom stereocenters. The summed E-state index contributed by atoms with van der Waals surface area (Å²) in [6.45, 7) is 5.23. The lowest BCUT2D eigenvalue weighted by atomic mass is 10.0. The zero-order chi connectivity index (χ0) is 19.4. The second-order valence-corrected chi connectivity index (χ2v) is 7.00. The maximum Gasteiger partial charge on any atom is 0.255 e. The number of nitrogens with one attached hydrogen (secondary N) is 2. The highest BCUT2D eigenvalue weighted by Gasteiger charge is 2.29. The normalized spacial score (nSPS) is 13.8. The highest BCUT2D eigenvalue weighted by molar-refractivity contribution is 6.30. The molecule has 0 saturated carbocycles. The number of carbonyl (C=O) groups excluding carboxylic acids is 2. The van der Waals surface area contributed by atoms with Crippen molar-refractivity contribution in [2.45, 2.75) is 32.7 Å². The predicted octanol–water partition coefficient (Wildman–Crippen LogP) is 3.58. The molecule has 1 aromatic heterocycles. The molecule has 142 valence electrons. The average molecular weight is 387 g/mol. The molecule has 0 bridgehead atoms. The molecule has 1 aromatic carbocycles. The smallest absolute Gasteiger partial charge is 0.255 e. The number of halogens is 1. The van der Waals surface area contributed by atoms with Crippen LogP contribution in [0.2, 0.25) is 5.02 Å². The van der Waals surface area contributed by atoms with Crippen LogP contribution in [0.15, 0.2) is 36.7 Å². The van der Waals surface area contributed by atoms with Gasteiger partial charge in [-0.2, -0.15) is 0 Å². The number of hydrogen-bond acceptors (Lipinski definition) is 4. The van der Waals surface area contributed by atoms with Gasteiger partial charge in [-0.15, -0.1) is 0 Å². The number of benzene rings is 1. The standard InChI is InChI=1S/C20H23ClN4O2/c1-3-13-7-14(21)5-6-18(13)20(27)24-16-8-15(9-22-10-16)23-17-11-25(12-17)19(26)4-2/h5-10,17,23H,3-4,11-12H2,1-2H3,(H,24,27). The number of aromatic nitrogens is 1. The van der Waals surface area contributed by atoms with Crippen molar-refractivity contribution in [3.05, 3.63) is 52.8 Å². The summed E-state index contributed by atoms with van der Waals surface area (Å²) in [5, 5.41) is 6.85. The van der Waals surface area contributed by atoms with E-state index in [1.54, 1.807) is 24.5 Å². The molecule has 1 aliphatic heterocycles. The molecular formula is C20H23ClN4O2. The number of pyridine rings is 1. The first-order valence-electron chi connectivity index (χ1n) is 9.09. The fourth-order valence-electron chi connectivity index (χ4n) is 3.09. The third-order valence-electron chi connectivity index (χ3n) is 4.60. The van der Waals surface area contributed by atoms with Crippen molar-refractivity contribution in [1.82, 2.24) is 9.88 Å². The van der Waals surface area contributed by atoms with Crippen molar-refractivity contribution < 1.29 is 9.59 Å². The maximum absolute atomic E-state index is 12.6. The number of carbonyl (C=O) groups is 2. The summed E-state index contributed by atoms with van der Waals surface area (Å²) in [5.41, 5.74) is 2.93. The van der Waals surface area contributed by atoms with Crippen LogP contribution < -0.4 is 10.6 Å². The van der Waals surface area contributed by atoms with E-state index in [-0.39, 0.29) is 17.9 Å². The van der Waals surface area contributed by atoms with Crippen molar-refractivity contribution in [3.8, 4) is 0 Å². The lowest BCUT2D eigenvalue weighted by molar-refractivity contribution is -0.134. The molecular weight excluding hydrogens is 364 g/mol. The van der Waals surface area contributed by atoms with E-state index in [9.17, 15) is 9.59 Å². The van der Waals surface area contributed by atoms with E-state index in [0.29, 0.717) is 35.8 Å². The molecule has 0 unspecified atom stereocenters. The van der Waals surface area contributed by atoms with Gasteiger partial charge in [0, 0.05) is 30.1 Å². The highest BCUT2D eigenvalue weighted by Crippen LogP contribution is 2.21. The number of likely N-dealkylation sites (tertiary alicyclic amines) is 1. The van der Waals surface area contributed by atoms with Gasteiger partial charge in [0.15, 0.2) is 0 Å². The largest absolute Gasteiger partial charge is 0.377 e. The Kier molecular flexibility index (Phi) is 5.96. The van der Waals surface area contributed by atoms with Crippen molar-refractivity contribution in [2.24, 2.45) is 0 Å². The number of aryl methyl sites for hydroxylation is 1. The van der Waals surface area contributed by atoms with Gasteiger partial charge in [0.25, 0.3) is 5.91 Å². The van der Waals surface area contributed by atoms with E-state index in [1.807, 2.05) is 30.9 Å².